The van der Waals surface area contributed by atoms with Crippen LogP contribution in [0.4, 0.5) is 0 Å². The van der Waals surface area contributed by atoms with Crippen LogP contribution in [0.15, 0.2) is 28.9 Å². The van der Waals surface area contributed by atoms with Crippen molar-refractivity contribution in [2.24, 2.45) is 4.99 Å². The van der Waals surface area contributed by atoms with Crippen LogP contribution >= 0.6 is 0 Å². The zero-order chi connectivity index (χ0) is 7.98. The highest BCUT2D eigenvalue weighted by atomic mass is 14.7. The van der Waals surface area contributed by atoms with Crippen molar-refractivity contribution < 1.29 is 0 Å². The SMILES string of the molecule is C=CC=N/C(C)=C(/C)CC. The van der Waals surface area contributed by atoms with E-state index in [0.717, 1.165) is 12.1 Å². The van der Waals surface area contributed by atoms with E-state index in [4.69, 9.17) is 0 Å². The Morgan fingerprint density at radius 1 is 1.50 bits per heavy atom. The minimum atomic E-state index is 1.07. The van der Waals surface area contributed by atoms with E-state index in [1.807, 2.05) is 6.92 Å². The van der Waals surface area contributed by atoms with Crippen molar-refractivity contribution in [3.05, 3.63) is 23.9 Å². The molecule has 10 heavy (non-hydrogen) atoms. The summed E-state index contributed by atoms with van der Waals surface area (Å²) in [6.07, 6.45) is 4.47. The molecule has 0 bridgehead atoms. The third-order valence-corrected chi connectivity index (χ3v) is 1.52. The van der Waals surface area contributed by atoms with Gasteiger partial charge in [0, 0.05) is 11.9 Å². The fraction of sp³-hybridized carbons (Fsp3) is 0.444. The Bertz CT molecular complexity index is 164. The number of nitrogens with zero attached hydrogens (tertiary/aromatic N) is 1. The molecule has 0 N–H and O–H groups in total. The van der Waals surface area contributed by atoms with Crippen LogP contribution in [-0.2, 0) is 0 Å². The van der Waals surface area contributed by atoms with Gasteiger partial charge < -0.3 is 0 Å². The summed E-state index contributed by atoms with van der Waals surface area (Å²) in [6, 6.07) is 0. The van der Waals surface area contributed by atoms with E-state index in [2.05, 4.69) is 25.4 Å². The summed E-state index contributed by atoms with van der Waals surface area (Å²) in [6.45, 7) is 9.78. The van der Waals surface area contributed by atoms with Crippen LogP contribution in [0, 0.1) is 0 Å². The van der Waals surface area contributed by atoms with Gasteiger partial charge in [0.05, 0.1) is 0 Å². The van der Waals surface area contributed by atoms with Gasteiger partial charge in [-0.2, -0.15) is 0 Å². The smallest absolute Gasteiger partial charge is 0.0361 e. The van der Waals surface area contributed by atoms with Crippen LogP contribution in [0.1, 0.15) is 27.2 Å². The summed E-state index contributed by atoms with van der Waals surface area (Å²) in [4.78, 5) is 4.15. The van der Waals surface area contributed by atoms with Gasteiger partial charge in [0.25, 0.3) is 0 Å². The number of allylic oxidation sites excluding steroid dienone is 3. The van der Waals surface area contributed by atoms with E-state index in [1.165, 1.54) is 5.57 Å². The molecule has 0 fully saturated rings. The van der Waals surface area contributed by atoms with Gasteiger partial charge in [-0.3, -0.25) is 4.99 Å². The van der Waals surface area contributed by atoms with Crippen molar-refractivity contribution in [3.8, 4) is 0 Å². The number of hydrogen-bond acceptors (Lipinski definition) is 1. The van der Waals surface area contributed by atoms with Gasteiger partial charge in [0.2, 0.25) is 0 Å². The summed E-state index contributed by atoms with van der Waals surface area (Å²) in [5.74, 6) is 0. The van der Waals surface area contributed by atoms with Gasteiger partial charge in [-0.05, 0) is 20.3 Å². The highest BCUT2D eigenvalue weighted by molar-refractivity contribution is 5.71. The van der Waals surface area contributed by atoms with Crippen molar-refractivity contribution in [2.45, 2.75) is 27.2 Å². The highest BCUT2D eigenvalue weighted by Gasteiger charge is 1.88. The molecule has 0 aliphatic carbocycles. The van der Waals surface area contributed by atoms with Crippen molar-refractivity contribution in [1.82, 2.24) is 0 Å². The number of aliphatic imine (C=N–C) groups is 1. The zero-order valence-corrected chi connectivity index (χ0v) is 7.02. The van der Waals surface area contributed by atoms with E-state index in [9.17, 15) is 0 Å². The van der Waals surface area contributed by atoms with Gasteiger partial charge in [-0.25, -0.2) is 0 Å². The average molecular weight is 137 g/mol. The van der Waals surface area contributed by atoms with Crippen LogP contribution in [0.25, 0.3) is 0 Å². The lowest BCUT2D eigenvalue weighted by molar-refractivity contribution is 1.04. The van der Waals surface area contributed by atoms with Gasteiger partial charge >= 0.3 is 0 Å². The summed E-state index contributed by atoms with van der Waals surface area (Å²) >= 11 is 0. The molecule has 0 aromatic heterocycles. The first-order chi connectivity index (χ1) is 4.72. The Hall–Kier alpha value is -0.850. The topological polar surface area (TPSA) is 12.4 Å². The first-order valence-corrected chi connectivity index (χ1v) is 3.53. The molecule has 56 valence electrons. The predicted molar refractivity (Wildman–Crippen MR) is 47.4 cm³/mol. The van der Waals surface area contributed by atoms with Crippen molar-refractivity contribution in [3.63, 3.8) is 0 Å². The Morgan fingerprint density at radius 3 is 2.50 bits per heavy atom. The van der Waals surface area contributed by atoms with Crippen LogP contribution in [-0.4, -0.2) is 6.21 Å². The molecule has 0 saturated heterocycles. The Kier molecular flexibility index (Phi) is 4.55. The molecule has 0 saturated carbocycles. The lowest BCUT2D eigenvalue weighted by atomic mass is 10.2. The van der Waals surface area contributed by atoms with Crippen LogP contribution in [0.5, 0.6) is 0 Å². The van der Waals surface area contributed by atoms with E-state index < -0.39 is 0 Å². The Labute approximate surface area is 63.2 Å². The van der Waals surface area contributed by atoms with Crippen molar-refractivity contribution >= 4 is 6.21 Å². The predicted octanol–water partition coefficient (Wildman–Crippen LogP) is 2.95. The zero-order valence-electron chi connectivity index (χ0n) is 7.02. The first kappa shape index (κ1) is 9.15. The molecule has 0 spiro atoms. The Balaban J connectivity index is 4.17. The molecule has 0 rings (SSSR count). The average Bonchev–Trinajstić information content (AvgIpc) is 1.98. The van der Waals surface area contributed by atoms with Gasteiger partial charge in [-0.1, -0.05) is 25.2 Å². The minimum Gasteiger partial charge on any atom is -0.262 e. The van der Waals surface area contributed by atoms with Gasteiger partial charge in [-0.15, -0.1) is 0 Å². The van der Waals surface area contributed by atoms with E-state index >= 15 is 0 Å². The highest BCUT2D eigenvalue weighted by Crippen LogP contribution is 2.06. The van der Waals surface area contributed by atoms with Gasteiger partial charge in [0.1, 0.15) is 0 Å². The third kappa shape index (κ3) is 3.23. The maximum atomic E-state index is 4.15. The maximum Gasteiger partial charge on any atom is 0.0361 e. The van der Waals surface area contributed by atoms with Crippen molar-refractivity contribution in [1.29, 1.82) is 0 Å². The molecule has 0 amide bonds. The molecule has 0 aromatic rings. The molecule has 0 aliphatic heterocycles. The standard InChI is InChI=1S/C9H15N/c1-5-7-10-9(4)8(3)6-2/h5,7H,1,6H2,2-4H3/b9-8-,10-7?. The summed E-state index contributed by atoms with van der Waals surface area (Å²) in [5.41, 5.74) is 2.43. The second-order valence-corrected chi connectivity index (χ2v) is 2.23. The number of rotatable bonds is 3. The molecule has 0 heterocycles. The van der Waals surface area contributed by atoms with Crippen LogP contribution in [0.3, 0.4) is 0 Å². The van der Waals surface area contributed by atoms with Crippen LogP contribution in [0.2, 0.25) is 0 Å². The summed E-state index contributed by atoms with van der Waals surface area (Å²) in [5, 5.41) is 0. The quantitative estimate of drug-likeness (QED) is 0.530. The minimum absolute atomic E-state index is 1.07. The molecular weight excluding hydrogens is 122 g/mol. The Morgan fingerprint density at radius 2 is 2.10 bits per heavy atom. The van der Waals surface area contributed by atoms with Crippen LogP contribution < -0.4 is 0 Å². The molecule has 1 heteroatoms. The third-order valence-electron chi connectivity index (χ3n) is 1.52. The molecular formula is C9H15N. The fourth-order valence-corrected chi connectivity index (χ4v) is 0.531. The summed E-state index contributed by atoms with van der Waals surface area (Å²) in [7, 11) is 0. The molecule has 0 radical (unpaired) electrons. The summed E-state index contributed by atoms with van der Waals surface area (Å²) < 4.78 is 0. The lowest BCUT2D eigenvalue weighted by Crippen LogP contribution is -1.78. The molecule has 1 nitrogen and oxygen atoms in total. The fourth-order valence-electron chi connectivity index (χ4n) is 0.531. The number of hydrogen-bond donors (Lipinski definition) is 0. The second kappa shape index (κ2) is 4.98. The monoisotopic (exact) mass is 137 g/mol. The second-order valence-electron chi connectivity index (χ2n) is 2.23. The molecule has 0 aromatic carbocycles. The largest absolute Gasteiger partial charge is 0.262 e. The van der Waals surface area contributed by atoms with Gasteiger partial charge in [0.15, 0.2) is 0 Å². The van der Waals surface area contributed by atoms with E-state index in [-0.39, 0.29) is 0 Å². The van der Waals surface area contributed by atoms with E-state index in [0.29, 0.717) is 0 Å². The van der Waals surface area contributed by atoms with E-state index in [1.54, 1.807) is 12.3 Å². The molecule has 0 aliphatic rings. The molecule has 0 atom stereocenters. The normalized spacial score (nSPS) is 13.5. The maximum absolute atomic E-state index is 4.15. The van der Waals surface area contributed by atoms with Crippen molar-refractivity contribution in [2.75, 3.05) is 0 Å². The first-order valence-electron chi connectivity index (χ1n) is 3.53. The molecule has 0 unspecified atom stereocenters. The lowest BCUT2D eigenvalue weighted by Gasteiger charge is -1.96.